The SMILES string of the molecule is C=C(CCC1CCC2(C)OC2C1)C(C)CC(=O)C1CCC2(C)CC2C1. The van der Waals surface area contributed by atoms with Crippen molar-refractivity contribution in [2.24, 2.45) is 29.1 Å². The number of hydrogen-bond acceptors (Lipinski definition) is 2. The van der Waals surface area contributed by atoms with Gasteiger partial charge in [0, 0.05) is 12.3 Å². The Labute approximate surface area is 153 Å². The van der Waals surface area contributed by atoms with E-state index in [2.05, 4.69) is 27.4 Å². The molecule has 0 aromatic carbocycles. The van der Waals surface area contributed by atoms with Crippen molar-refractivity contribution in [3.8, 4) is 0 Å². The maximum atomic E-state index is 12.7. The molecule has 1 aliphatic heterocycles. The van der Waals surface area contributed by atoms with Crippen LogP contribution in [0.2, 0.25) is 0 Å². The normalized spacial score (nSPS) is 45.9. The second-order valence-electron chi connectivity index (χ2n) is 10.4. The molecule has 3 aliphatic carbocycles. The van der Waals surface area contributed by atoms with Gasteiger partial charge in [0.25, 0.3) is 0 Å². The van der Waals surface area contributed by atoms with Crippen molar-refractivity contribution < 1.29 is 9.53 Å². The molecule has 0 radical (unpaired) electrons. The van der Waals surface area contributed by atoms with Crippen LogP contribution in [0.3, 0.4) is 0 Å². The maximum Gasteiger partial charge on any atom is 0.136 e. The average molecular weight is 345 g/mol. The van der Waals surface area contributed by atoms with Gasteiger partial charge in [0.1, 0.15) is 5.78 Å². The van der Waals surface area contributed by atoms with Gasteiger partial charge < -0.3 is 4.74 Å². The van der Waals surface area contributed by atoms with Gasteiger partial charge in [0.2, 0.25) is 0 Å². The number of epoxide rings is 1. The molecule has 7 unspecified atom stereocenters. The molecule has 4 fully saturated rings. The largest absolute Gasteiger partial charge is 0.366 e. The molecule has 4 rings (SSSR count). The third kappa shape index (κ3) is 3.61. The van der Waals surface area contributed by atoms with Crippen LogP contribution in [0.5, 0.6) is 0 Å². The van der Waals surface area contributed by atoms with Gasteiger partial charge in [0.15, 0.2) is 0 Å². The van der Waals surface area contributed by atoms with E-state index in [-0.39, 0.29) is 5.60 Å². The zero-order valence-electron chi connectivity index (χ0n) is 16.5. The molecule has 140 valence electrons. The van der Waals surface area contributed by atoms with Crippen molar-refractivity contribution in [1.29, 1.82) is 0 Å². The number of carbonyl (C=O) groups is 1. The minimum atomic E-state index is 0.227. The van der Waals surface area contributed by atoms with Gasteiger partial charge in [-0.3, -0.25) is 4.79 Å². The average Bonchev–Trinajstić information content (AvgIpc) is 3.44. The highest BCUT2D eigenvalue weighted by Gasteiger charge is 2.55. The van der Waals surface area contributed by atoms with E-state index in [4.69, 9.17) is 4.74 Å². The lowest BCUT2D eigenvalue weighted by molar-refractivity contribution is -0.124. The quantitative estimate of drug-likeness (QED) is 0.438. The molecule has 0 aromatic rings. The second kappa shape index (κ2) is 6.22. The Kier molecular flexibility index (Phi) is 4.42. The van der Waals surface area contributed by atoms with Gasteiger partial charge in [-0.15, -0.1) is 0 Å². The number of rotatable bonds is 7. The van der Waals surface area contributed by atoms with Crippen LogP contribution in [0, 0.1) is 29.1 Å². The van der Waals surface area contributed by atoms with Crippen LogP contribution in [0.1, 0.15) is 85.0 Å². The van der Waals surface area contributed by atoms with Crippen molar-refractivity contribution in [3.63, 3.8) is 0 Å². The summed E-state index contributed by atoms with van der Waals surface area (Å²) in [6, 6.07) is 0. The van der Waals surface area contributed by atoms with Gasteiger partial charge in [0.05, 0.1) is 11.7 Å². The first-order chi connectivity index (χ1) is 11.8. The summed E-state index contributed by atoms with van der Waals surface area (Å²) in [6.45, 7) is 11.2. The topological polar surface area (TPSA) is 29.6 Å². The van der Waals surface area contributed by atoms with Crippen LogP contribution in [0.4, 0.5) is 0 Å². The number of hydrogen-bond donors (Lipinski definition) is 0. The van der Waals surface area contributed by atoms with Crippen LogP contribution in [-0.4, -0.2) is 17.5 Å². The van der Waals surface area contributed by atoms with Crippen LogP contribution in [-0.2, 0) is 9.53 Å². The van der Waals surface area contributed by atoms with Crippen molar-refractivity contribution in [1.82, 2.24) is 0 Å². The van der Waals surface area contributed by atoms with Gasteiger partial charge in [-0.1, -0.05) is 26.0 Å². The molecule has 2 heteroatoms. The van der Waals surface area contributed by atoms with Crippen molar-refractivity contribution in [2.75, 3.05) is 0 Å². The number of Topliss-reactive ketones (excluding diaryl/α,β-unsaturated/α-hetero) is 1. The van der Waals surface area contributed by atoms with Crippen molar-refractivity contribution in [3.05, 3.63) is 12.2 Å². The number of carbonyl (C=O) groups excluding carboxylic acids is 1. The summed E-state index contributed by atoms with van der Waals surface area (Å²) in [5.74, 6) is 2.86. The standard InChI is InChI=1S/C23H36O2/c1-15(5-6-17-7-10-23(4)21(12-17)25-23)16(2)11-20(24)18-8-9-22(3)14-19(22)13-18/h16-19,21H,1,5-14H2,2-4H3. The Bertz CT molecular complexity index is 566. The van der Waals surface area contributed by atoms with Crippen LogP contribution in [0.15, 0.2) is 12.2 Å². The molecule has 25 heavy (non-hydrogen) atoms. The molecule has 0 spiro atoms. The van der Waals surface area contributed by atoms with Crippen LogP contribution >= 0.6 is 0 Å². The summed E-state index contributed by atoms with van der Waals surface area (Å²) in [4.78, 5) is 12.7. The third-order valence-electron chi connectivity index (χ3n) is 8.34. The Balaban J connectivity index is 1.18. The van der Waals surface area contributed by atoms with Crippen LogP contribution in [0.25, 0.3) is 0 Å². The molecule has 3 saturated carbocycles. The van der Waals surface area contributed by atoms with Gasteiger partial charge in [-0.25, -0.2) is 0 Å². The van der Waals surface area contributed by atoms with Gasteiger partial charge in [-0.2, -0.15) is 0 Å². The molecular formula is C23H36O2. The van der Waals surface area contributed by atoms with E-state index in [9.17, 15) is 4.79 Å². The smallest absolute Gasteiger partial charge is 0.136 e. The van der Waals surface area contributed by atoms with Gasteiger partial charge >= 0.3 is 0 Å². The Morgan fingerprint density at radius 1 is 1.24 bits per heavy atom. The molecule has 0 amide bonds. The van der Waals surface area contributed by atoms with Crippen molar-refractivity contribution >= 4 is 5.78 Å². The van der Waals surface area contributed by atoms with E-state index in [0.717, 1.165) is 37.5 Å². The summed E-state index contributed by atoms with van der Waals surface area (Å²) >= 11 is 0. The first kappa shape index (κ1) is 17.8. The zero-order chi connectivity index (χ0) is 17.8. The Morgan fingerprint density at radius 3 is 2.76 bits per heavy atom. The lowest BCUT2D eigenvalue weighted by atomic mass is 9.77. The van der Waals surface area contributed by atoms with Gasteiger partial charge in [-0.05, 0) is 87.9 Å². The third-order valence-corrected chi connectivity index (χ3v) is 8.34. The number of allylic oxidation sites excluding steroid dienone is 1. The van der Waals surface area contributed by atoms with E-state index in [1.807, 2.05) is 0 Å². The molecule has 0 N–H and O–H groups in total. The maximum absolute atomic E-state index is 12.7. The molecule has 7 atom stereocenters. The Hall–Kier alpha value is -0.630. The first-order valence-corrected chi connectivity index (χ1v) is 10.7. The Morgan fingerprint density at radius 2 is 2.04 bits per heavy atom. The van der Waals surface area contributed by atoms with E-state index in [1.165, 1.54) is 44.1 Å². The van der Waals surface area contributed by atoms with Crippen LogP contribution < -0.4 is 0 Å². The molecule has 4 aliphatic rings. The summed E-state index contributed by atoms with van der Waals surface area (Å²) < 4.78 is 5.82. The molecule has 0 aromatic heterocycles. The number of fused-ring (bicyclic) bond motifs is 2. The van der Waals surface area contributed by atoms with E-state index in [1.54, 1.807) is 0 Å². The monoisotopic (exact) mass is 344 g/mol. The predicted octanol–water partition coefficient (Wildman–Crippen LogP) is 5.70. The fraction of sp³-hybridized carbons (Fsp3) is 0.870. The highest BCUT2D eigenvalue weighted by molar-refractivity contribution is 5.81. The van der Waals surface area contributed by atoms with E-state index in [0.29, 0.717) is 29.1 Å². The van der Waals surface area contributed by atoms with E-state index >= 15 is 0 Å². The summed E-state index contributed by atoms with van der Waals surface area (Å²) in [5.41, 5.74) is 2.13. The molecule has 1 heterocycles. The second-order valence-corrected chi connectivity index (χ2v) is 10.4. The number of ether oxygens (including phenoxy) is 1. The fourth-order valence-electron chi connectivity index (χ4n) is 5.67. The van der Waals surface area contributed by atoms with E-state index < -0.39 is 0 Å². The minimum absolute atomic E-state index is 0.227. The predicted molar refractivity (Wildman–Crippen MR) is 101 cm³/mol. The summed E-state index contributed by atoms with van der Waals surface area (Å²) in [5, 5.41) is 0. The summed E-state index contributed by atoms with van der Waals surface area (Å²) in [7, 11) is 0. The lowest BCUT2D eigenvalue weighted by Gasteiger charge is -2.26. The van der Waals surface area contributed by atoms with Crippen molar-refractivity contribution in [2.45, 2.75) is 96.7 Å². The highest BCUT2D eigenvalue weighted by Crippen LogP contribution is 2.62. The molecular weight excluding hydrogens is 308 g/mol. The fourth-order valence-corrected chi connectivity index (χ4v) is 5.67. The first-order valence-electron chi connectivity index (χ1n) is 10.7. The zero-order valence-corrected chi connectivity index (χ0v) is 16.5. The number of ketones is 1. The highest BCUT2D eigenvalue weighted by atomic mass is 16.6. The molecule has 1 saturated heterocycles. The lowest BCUT2D eigenvalue weighted by Crippen LogP contribution is -2.24. The molecule has 0 bridgehead atoms. The minimum Gasteiger partial charge on any atom is -0.366 e. The summed E-state index contributed by atoms with van der Waals surface area (Å²) in [6.07, 6.45) is 12.3. The molecule has 2 nitrogen and oxygen atoms in total.